The summed E-state index contributed by atoms with van der Waals surface area (Å²) < 4.78 is 18.0. The molecule has 3 aromatic rings. The van der Waals surface area contributed by atoms with E-state index in [-0.39, 0.29) is 12.3 Å². The summed E-state index contributed by atoms with van der Waals surface area (Å²) in [5.74, 6) is 1.55. The topological polar surface area (TPSA) is 120 Å². The van der Waals surface area contributed by atoms with Crippen LogP contribution in [0.3, 0.4) is 0 Å². The summed E-state index contributed by atoms with van der Waals surface area (Å²) in [7, 11) is 3.09. The standard InChI is InChI=1S/C24H29N5O5S/c1-24(2,3)34-23(31)26-18-14-16(8-11-19(18)33-5)25-20(30)12-13-29-21(27-28-22(29)35)15-6-9-17(32-4)10-7-15/h6-11,14H,12-13H2,1-5H3,(H,25,30)(H,26,31)(H,28,35). The summed E-state index contributed by atoms with van der Waals surface area (Å²) in [6.45, 7) is 5.63. The van der Waals surface area contributed by atoms with E-state index in [1.165, 1.54) is 7.11 Å². The molecule has 10 nitrogen and oxygen atoms in total. The molecular formula is C24H29N5O5S. The number of H-pyrrole nitrogens is 1. The molecule has 0 saturated carbocycles. The smallest absolute Gasteiger partial charge is 0.412 e. The molecule has 0 aliphatic rings. The van der Waals surface area contributed by atoms with E-state index < -0.39 is 11.7 Å². The zero-order valence-corrected chi connectivity index (χ0v) is 21.1. The van der Waals surface area contributed by atoms with Crippen molar-refractivity contribution in [2.45, 2.75) is 39.3 Å². The van der Waals surface area contributed by atoms with Gasteiger partial charge in [-0.3, -0.25) is 19.8 Å². The van der Waals surface area contributed by atoms with Crippen molar-refractivity contribution in [3.8, 4) is 22.9 Å². The Hall–Kier alpha value is -3.86. The Bertz CT molecular complexity index is 1240. The predicted molar refractivity (Wildman–Crippen MR) is 135 cm³/mol. The molecular weight excluding hydrogens is 470 g/mol. The van der Waals surface area contributed by atoms with Gasteiger partial charge in [-0.1, -0.05) is 0 Å². The highest BCUT2D eigenvalue weighted by Gasteiger charge is 2.18. The Labute approximate surface area is 208 Å². The molecule has 0 aliphatic carbocycles. The quantitative estimate of drug-likeness (QED) is 0.373. The lowest BCUT2D eigenvalue weighted by molar-refractivity contribution is -0.116. The van der Waals surface area contributed by atoms with Crippen molar-refractivity contribution in [2.24, 2.45) is 0 Å². The molecule has 0 aliphatic heterocycles. The van der Waals surface area contributed by atoms with Gasteiger partial charge in [-0.25, -0.2) is 4.79 Å². The molecule has 1 aromatic heterocycles. The Morgan fingerprint density at radius 1 is 1.06 bits per heavy atom. The van der Waals surface area contributed by atoms with Crippen LogP contribution in [0.5, 0.6) is 11.5 Å². The molecule has 0 atom stereocenters. The van der Waals surface area contributed by atoms with Gasteiger partial charge in [-0.05, 0) is 75.5 Å². The summed E-state index contributed by atoms with van der Waals surface area (Å²) in [4.78, 5) is 24.9. The molecule has 2 aromatic carbocycles. The number of nitrogens with one attached hydrogen (secondary N) is 3. The average molecular weight is 500 g/mol. The fourth-order valence-corrected chi connectivity index (χ4v) is 3.44. The number of anilines is 2. The van der Waals surface area contributed by atoms with Crippen LogP contribution >= 0.6 is 12.2 Å². The van der Waals surface area contributed by atoms with Gasteiger partial charge in [0.05, 0.1) is 19.9 Å². The third-order valence-corrected chi connectivity index (χ3v) is 5.10. The lowest BCUT2D eigenvalue weighted by Gasteiger charge is -2.20. The van der Waals surface area contributed by atoms with E-state index in [4.69, 9.17) is 26.4 Å². The number of carbonyl (C=O) groups is 2. The van der Waals surface area contributed by atoms with Crippen molar-refractivity contribution in [3.05, 3.63) is 47.2 Å². The highest BCUT2D eigenvalue weighted by molar-refractivity contribution is 7.71. The van der Waals surface area contributed by atoms with Gasteiger partial charge in [-0.2, -0.15) is 5.10 Å². The van der Waals surface area contributed by atoms with Crippen LogP contribution in [0.4, 0.5) is 16.2 Å². The SMILES string of the molecule is COc1ccc(-c2n[nH]c(=S)n2CCC(=O)Nc2ccc(OC)c(NC(=O)OC(C)(C)C)c2)cc1. The van der Waals surface area contributed by atoms with Crippen LogP contribution in [0, 0.1) is 4.77 Å². The lowest BCUT2D eigenvalue weighted by atomic mass is 10.2. The summed E-state index contributed by atoms with van der Waals surface area (Å²) >= 11 is 5.35. The van der Waals surface area contributed by atoms with Gasteiger partial charge >= 0.3 is 6.09 Å². The summed E-state index contributed by atoms with van der Waals surface area (Å²) in [5.41, 5.74) is 1.06. The number of methoxy groups -OCH3 is 2. The van der Waals surface area contributed by atoms with Gasteiger partial charge in [0.1, 0.15) is 17.1 Å². The Kier molecular flexibility index (Phi) is 8.13. The van der Waals surface area contributed by atoms with Crippen molar-refractivity contribution in [2.75, 3.05) is 24.9 Å². The first-order valence-electron chi connectivity index (χ1n) is 10.9. The number of hydrogen-bond donors (Lipinski definition) is 3. The van der Waals surface area contributed by atoms with Gasteiger partial charge in [-0.15, -0.1) is 0 Å². The predicted octanol–water partition coefficient (Wildman–Crippen LogP) is 5.00. The number of hydrogen-bond acceptors (Lipinski definition) is 7. The number of benzene rings is 2. The largest absolute Gasteiger partial charge is 0.497 e. The van der Waals surface area contributed by atoms with E-state index in [2.05, 4.69) is 20.8 Å². The van der Waals surface area contributed by atoms with Crippen molar-refractivity contribution in [3.63, 3.8) is 0 Å². The second kappa shape index (κ2) is 11.0. The molecule has 0 radical (unpaired) electrons. The fraction of sp³-hybridized carbons (Fsp3) is 0.333. The zero-order chi connectivity index (χ0) is 25.6. The molecule has 2 amide bonds. The van der Waals surface area contributed by atoms with Crippen LogP contribution in [0.25, 0.3) is 11.4 Å². The number of nitrogens with zero attached hydrogens (tertiary/aromatic N) is 2. The number of rotatable bonds is 8. The first-order chi connectivity index (χ1) is 16.6. The minimum Gasteiger partial charge on any atom is -0.497 e. The van der Waals surface area contributed by atoms with E-state index in [1.54, 1.807) is 50.6 Å². The molecule has 0 fully saturated rings. The van der Waals surface area contributed by atoms with Crippen LogP contribution < -0.4 is 20.1 Å². The van der Waals surface area contributed by atoms with Crippen LogP contribution in [-0.2, 0) is 16.1 Å². The molecule has 0 bridgehead atoms. The van der Waals surface area contributed by atoms with E-state index in [9.17, 15) is 9.59 Å². The Morgan fingerprint density at radius 2 is 1.77 bits per heavy atom. The number of aromatic nitrogens is 3. The molecule has 1 heterocycles. The molecule has 3 rings (SSSR count). The van der Waals surface area contributed by atoms with Crippen LogP contribution in [0.1, 0.15) is 27.2 Å². The van der Waals surface area contributed by atoms with Gasteiger partial charge < -0.3 is 19.5 Å². The Balaban J connectivity index is 1.68. The normalized spacial score (nSPS) is 11.0. The maximum atomic E-state index is 12.7. The van der Waals surface area contributed by atoms with Crippen molar-refractivity contribution in [1.82, 2.24) is 14.8 Å². The molecule has 0 unspecified atom stereocenters. The van der Waals surface area contributed by atoms with Crippen LogP contribution in [0.15, 0.2) is 42.5 Å². The summed E-state index contributed by atoms with van der Waals surface area (Å²) in [6, 6.07) is 12.3. The minimum absolute atomic E-state index is 0.151. The number of ether oxygens (including phenoxy) is 3. The molecule has 0 spiro atoms. The molecule has 3 N–H and O–H groups in total. The van der Waals surface area contributed by atoms with Crippen molar-refractivity contribution >= 4 is 35.6 Å². The molecule has 11 heteroatoms. The summed E-state index contributed by atoms with van der Waals surface area (Å²) in [6.07, 6.45) is -0.475. The second-order valence-electron chi connectivity index (χ2n) is 8.57. The molecule has 35 heavy (non-hydrogen) atoms. The van der Waals surface area contributed by atoms with Crippen LogP contribution in [0.2, 0.25) is 0 Å². The van der Waals surface area contributed by atoms with E-state index in [0.29, 0.717) is 34.3 Å². The second-order valence-corrected chi connectivity index (χ2v) is 8.96. The highest BCUT2D eigenvalue weighted by atomic mass is 32.1. The number of aromatic amines is 1. The Morgan fingerprint density at radius 3 is 2.40 bits per heavy atom. The monoisotopic (exact) mass is 499 g/mol. The average Bonchev–Trinajstić information content (AvgIpc) is 3.17. The number of carbonyl (C=O) groups excluding carboxylic acids is 2. The fourth-order valence-electron chi connectivity index (χ4n) is 3.22. The van der Waals surface area contributed by atoms with E-state index in [0.717, 1.165) is 11.3 Å². The maximum Gasteiger partial charge on any atom is 0.412 e. The van der Waals surface area contributed by atoms with E-state index in [1.807, 2.05) is 24.3 Å². The highest BCUT2D eigenvalue weighted by Crippen LogP contribution is 2.28. The third kappa shape index (κ3) is 7.06. The van der Waals surface area contributed by atoms with Gasteiger partial charge in [0, 0.05) is 24.2 Å². The lowest BCUT2D eigenvalue weighted by Crippen LogP contribution is -2.27. The molecule has 186 valence electrons. The first-order valence-corrected chi connectivity index (χ1v) is 11.3. The molecule has 0 saturated heterocycles. The first kappa shape index (κ1) is 25.8. The number of amides is 2. The van der Waals surface area contributed by atoms with Gasteiger partial charge in [0.15, 0.2) is 10.6 Å². The maximum absolute atomic E-state index is 12.7. The van der Waals surface area contributed by atoms with Crippen molar-refractivity contribution < 1.29 is 23.8 Å². The van der Waals surface area contributed by atoms with Crippen molar-refractivity contribution in [1.29, 1.82) is 0 Å². The van der Waals surface area contributed by atoms with E-state index >= 15 is 0 Å². The van der Waals surface area contributed by atoms with Crippen LogP contribution in [-0.4, -0.2) is 46.6 Å². The van der Waals surface area contributed by atoms with Gasteiger partial charge in [0.2, 0.25) is 5.91 Å². The zero-order valence-electron chi connectivity index (χ0n) is 20.3. The minimum atomic E-state index is -0.651. The van der Waals surface area contributed by atoms with Gasteiger partial charge in [0.25, 0.3) is 0 Å². The summed E-state index contributed by atoms with van der Waals surface area (Å²) in [5, 5.41) is 12.6. The third-order valence-electron chi connectivity index (χ3n) is 4.79.